The standard InChI is InChI=1S/C25H21ClFN5O2/c1-16-4-7-19(14-29-16)34-23-9-6-18(12-21(23)26)32-25-20-11-17(3-2-10-28-24(33)13-27)5-8-22(20)30-15-31-25/h2-9,11-12,14-15H,10,13H2,1H3,(H,28,33)(H,30,31,32)/b3-2+. The van der Waals surface area contributed by atoms with E-state index in [-0.39, 0.29) is 6.54 Å². The van der Waals surface area contributed by atoms with Gasteiger partial charge in [-0.2, -0.15) is 0 Å². The molecule has 0 saturated heterocycles. The fraction of sp³-hybridized carbons (Fsp3) is 0.120. The van der Waals surface area contributed by atoms with Crippen molar-refractivity contribution in [2.24, 2.45) is 0 Å². The van der Waals surface area contributed by atoms with Crippen LogP contribution >= 0.6 is 11.6 Å². The molecule has 2 N–H and O–H groups in total. The number of fused-ring (bicyclic) bond motifs is 1. The van der Waals surface area contributed by atoms with Crippen LogP contribution in [-0.2, 0) is 4.79 Å². The van der Waals surface area contributed by atoms with Crippen LogP contribution in [0, 0.1) is 6.92 Å². The van der Waals surface area contributed by atoms with Crippen molar-refractivity contribution in [1.29, 1.82) is 0 Å². The van der Waals surface area contributed by atoms with E-state index in [0.717, 1.165) is 27.8 Å². The third kappa shape index (κ3) is 5.85. The van der Waals surface area contributed by atoms with E-state index in [9.17, 15) is 9.18 Å². The van der Waals surface area contributed by atoms with Crippen molar-refractivity contribution in [2.75, 3.05) is 18.5 Å². The number of alkyl halides is 1. The highest BCUT2D eigenvalue weighted by Gasteiger charge is 2.09. The van der Waals surface area contributed by atoms with Gasteiger partial charge in [0.1, 0.15) is 23.6 Å². The van der Waals surface area contributed by atoms with Crippen molar-refractivity contribution >= 4 is 46.0 Å². The maximum atomic E-state index is 12.2. The predicted molar refractivity (Wildman–Crippen MR) is 131 cm³/mol. The van der Waals surface area contributed by atoms with E-state index in [4.69, 9.17) is 16.3 Å². The minimum absolute atomic E-state index is 0.239. The topological polar surface area (TPSA) is 89.0 Å². The number of carbonyl (C=O) groups excluding carboxylic acids is 1. The van der Waals surface area contributed by atoms with Gasteiger partial charge in [-0.05, 0) is 55.0 Å². The Morgan fingerprint density at radius 3 is 2.76 bits per heavy atom. The highest BCUT2D eigenvalue weighted by Crippen LogP contribution is 2.33. The van der Waals surface area contributed by atoms with Crippen molar-refractivity contribution in [3.8, 4) is 11.5 Å². The summed E-state index contributed by atoms with van der Waals surface area (Å²) in [7, 11) is 0. The van der Waals surface area contributed by atoms with Gasteiger partial charge < -0.3 is 15.4 Å². The highest BCUT2D eigenvalue weighted by molar-refractivity contribution is 6.32. The van der Waals surface area contributed by atoms with Gasteiger partial charge in [0.25, 0.3) is 5.91 Å². The monoisotopic (exact) mass is 477 g/mol. The molecule has 4 aromatic rings. The lowest BCUT2D eigenvalue weighted by Gasteiger charge is -2.12. The first kappa shape index (κ1) is 23.1. The van der Waals surface area contributed by atoms with Crippen molar-refractivity contribution < 1.29 is 13.9 Å². The Balaban J connectivity index is 1.51. The van der Waals surface area contributed by atoms with Gasteiger partial charge >= 0.3 is 0 Å². The lowest BCUT2D eigenvalue weighted by molar-refractivity contribution is -0.121. The molecule has 7 nitrogen and oxygen atoms in total. The van der Waals surface area contributed by atoms with Crippen LogP contribution in [0.2, 0.25) is 5.02 Å². The summed E-state index contributed by atoms with van der Waals surface area (Å²) in [6.45, 7) is 1.11. The molecule has 0 saturated carbocycles. The Labute approximate surface area is 200 Å². The number of halogens is 2. The number of aromatic nitrogens is 3. The maximum absolute atomic E-state index is 12.2. The Bertz CT molecular complexity index is 1350. The summed E-state index contributed by atoms with van der Waals surface area (Å²) in [6, 6.07) is 14.8. The minimum Gasteiger partial charge on any atom is -0.454 e. The van der Waals surface area contributed by atoms with Crippen LogP contribution in [0.1, 0.15) is 11.3 Å². The summed E-state index contributed by atoms with van der Waals surface area (Å²) in [5.41, 5.74) is 3.28. The molecule has 2 aromatic carbocycles. The number of ether oxygens (including phenoxy) is 1. The van der Waals surface area contributed by atoms with Crippen molar-refractivity contribution in [2.45, 2.75) is 6.92 Å². The molecule has 1 amide bonds. The van der Waals surface area contributed by atoms with Gasteiger partial charge in [0.15, 0.2) is 6.67 Å². The third-order valence-corrected chi connectivity index (χ3v) is 5.11. The van der Waals surface area contributed by atoms with Crippen LogP contribution in [0.25, 0.3) is 17.0 Å². The lowest BCUT2D eigenvalue weighted by atomic mass is 10.1. The molecule has 9 heteroatoms. The SMILES string of the molecule is Cc1ccc(Oc2ccc(Nc3ncnc4ccc(/C=C/CNC(=O)CF)cc34)cc2Cl)cn1. The van der Waals surface area contributed by atoms with E-state index >= 15 is 0 Å². The van der Waals surface area contributed by atoms with Gasteiger partial charge in [0.05, 0.1) is 16.7 Å². The van der Waals surface area contributed by atoms with Crippen LogP contribution in [0.4, 0.5) is 15.9 Å². The molecule has 0 aliphatic heterocycles. The number of rotatable bonds is 8. The number of carbonyl (C=O) groups is 1. The number of aryl methyl sites for hydroxylation is 1. The number of benzene rings is 2. The van der Waals surface area contributed by atoms with E-state index in [0.29, 0.717) is 22.3 Å². The number of amides is 1. The number of nitrogens with one attached hydrogen (secondary N) is 2. The lowest BCUT2D eigenvalue weighted by Crippen LogP contribution is -2.24. The Morgan fingerprint density at radius 2 is 2.00 bits per heavy atom. The second-order valence-corrected chi connectivity index (χ2v) is 7.75. The molecule has 34 heavy (non-hydrogen) atoms. The molecule has 0 unspecified atom stereocenters. The summed E-state index contributed by atoms with van der Waals surface area (Å²) >= 11 is 6.44. The molecule has 0 aliphatic rings. The first-order chi connectivity index (χ1) is 16.5. The van der Waals surface area contributed by atoms with Gasteiger partial charge in [-0.1, -0.05) is 29.8 Å². The summed E-state index contributed by atoms with van der Waals surface area (Å²) in [5.74, 6) is 1.07. The first-order valence-electron chi connectivity index (χ1n) is 10.4. The molecule has 0 spiro atoms. The number of pyridine rings is 1. The van der Waals surface area contributed by atoms with E-state index in [2.05, 4.69) is 25.6 Å². The zero-order chi connectivity index (χ0) is 23.9. The maximum Gasteiger partial charge on any atom is 0.251 e. The van der Waals surface area contributed by atoms with Gasteiger partial charge in [-0.3, -0.25) is 9.78 Å². The average Bonchev–Trinajstić information content (AvgIpc) is 2.85. The van der Waals surface area contributed by atoms with Crippen molar-refractivity contribution in [1.82, 2.24) is 20.3 Å². The molecular weight excluding hydrogens is 457 g/mol. The van der Waals surface area contributed by atoms with Crippen LogP contribution in [0.15, 0.2) is 67.1 Å². The molecule has 0 bridgehead atoms. The summed E-state index contributed by atoms with van der Waals surface area (Å²) in [5, 5.41) is 6.96. The molecule has 0 radical (unpaired) electrons. The Kier molecular flexibility index (Phi) is 7.29. The summed E-state index contributed by atoms with van der Waals surface area (Å²) in [4.78, 5) is 23.9. The van der Waals surface area contributed by atoms with Crippen LogP contribution in [0.5, 0.6) is 11.5 Å². The minimum atomic E-state index is -1.03. The third-order valence-electron chi connectivity index (χ3n) is 4.81. The molecule has 2 aromatic heterocycles. The van der Waals surface area contributed by atoms with Crippen molar-refractivity contribution in [3.63, 3.8) is 0 Å². The van der Waals surface area contributed by atoms with Gasteiger partial charge in [-0.15, -0.1) is 0 Å². The number of nitrogens with zero attached hydrogens (tertiary/aromatic N) is 3. The van der Waals surface area contributed by atoms with E-state index in [1.54, 1.807) is 24.4 Å². The molecule has 172 valence electrons. The van der Waals surface area contributed by atoms with Gasteiger partial charge in [0.2, 0.25) is 0 Å². The Hall–Kier alpha value is -4.04. The van der Waals surface area contributed by atoms with Crippen LogP contribution in [-0.4, -0.2) is 34.1 Å². The van der Waals surface area contributed by atoms with Crippen molar-refractivity contribution in [3.05, 3.63) is 83.4 Å². The number of hydrogen-bond donors (Lipinski definition) is 2. The first-order valence-corrected chi connectivity index (χ1v) is 10.8. The normalized spacial score (nSPS) is 11.0. The van der Waals surface area contributed by atoms with E-state index < -0.39 is 12.6 Å². The zero-order valence-corrected chi connectivity index (χ0v) is 19.0. The molecule has 0 fully saturated rings. The molecular formula is C25H21ClFN5O2. The van der Waals surface area contributed by atoms with E-state index in [1.165, 1.54) is 6.33 Å². The highest BCUT2D eigenvalue weighted by atomic mass is 35.5. The zero-order valence-electron chi connectivity index (χ0n) is 18.3. The van der Waals surface area contributed by atoms with Gasteiger partial charge in [-0.25, -0.2) is 14.4 Å². The van der Waals surface area contributed by atoms with E-state index in [1.807, 2.05) is 49.4 Å². The fourth-order valence-electron chi connectivity index (χ4n) is 3.13. The average molecular weight is 478 g/mol. The van der Waals surface area contributed by atoms with Crippen LogP contribution < -0.4 is 15.4 Å². The largest absolute Gasteiger partial charge is 0.454 e. The molecule has 0 atom stereocenters. The smallest absolute Gasteiger partial charge is 0.251 e. The quantitative estimate of drug-likeness (QED) is 0.342. The molecule has 0 aliphatic carbocycles. The molecule has 2 heterocycles. The fourth-order valence-corrected chi connectivity index (χ4v) is 3.35. The van der Waals surface area contributed by atoms with Gasteiger partial charge in [0, 0.05) is 23.3 Å². The number of anilines is 2. The van der Waals surface area contributed by atoms with Crippen LogP contribution in [0.3, 0.4) is 0 Å². The predicted octanol–water partition coefficient (Wildman–Crippen LogP) is 5.62. The second kappa shape index (κ2) is 10.7. The Morgan fingerprint density at radius 1 is 1.12 bits per heavy atom. The number of hydrogen-bond acceptors (Lipinski definition) is 6. The molecule has 4 rings (SSSR count). The summed E-state index contributed by atoms with van der Waals surface area (Å²) < 4.78 is 18.0. The summed E-state index contributed by atoms with van der Waals surface area (Å²) in [6.07, 6.45) is 6.70. The second-order valence-electron chi connectivity index (χ2n) is 7.35.